The minimum atomic E-state index is -1.02. The predicted octanol–water partition coefficient (Wildman–Crippen LogP) is 2.31. The molecule has 19 heavy (non-hydrogen) atoms. The van der Waals surface area contributed by atoms with E-state index >= 15 is 0 Å². The van der Waals surface area contributed by atoms with Crippen molar-refractivity contribution < 1.29 is 19.4 Å². The normalized spacial score (nSPS) is 14.9. The van der Waals surface area contributed by atoms with Gasteiger partial charge in [-0.15, -0.1) is 0 Å². The van der Waals surface area contributed by atoms with Gasteiger partial charge in [-0.05, 0) is 40.0 Å². The van der Waals surface area contributed by atoms with Gasteiger partial charge in [-0.25, -0.2) is 0 Å². The van der Waals surface area contributed by atoms with Crippen LogP contribution in [0, 0.1) is 11.8 Å². The molecule has 0 aromatic carbocycles. The average Bonchev–Trinajstić information content (AvgIpc) is 2.20. The number of ether oxygens (including phenoxy) is 1. The van der Waals surface area contributed by atoms with E-state index in [9.17, 15) is 14.7 Å². The number of nitrogens with two attached hydrogens (primary N) is 1. The van der Waals surface area contributed by atoms with E-state index in [1.165, 1.54) is 6.92 Å². The molecule has 5 heteroatoms. The number of esters is 1. The van der Waals surface area contributed by atoms with Crippen LogP contribution in [0.15, 0.2) is 11.5 Å². The quantitative estimate of drug-likeness (QED) is 0.346. The Balaban J connectivity index is 5.18. The van der Waals surface area contributed by atoms with Crippen LogP contribution in [0.3, 0.4) is 0 Å². The number of hydrogen-bond acceptors (Lipinski definition) is 5. The summed E-state index contributed by atoms with van der Waals surface area (Å²) in [6, 6.07) is 0. The maximum atomic E-state index is 12.1. The summed E-state index contributed by atoms with van der Waals surface area (Å²) in [5.74, 6) is -2.76. The zero-order valence-electron chi connectivity index (χ0n) is 12.6. The minimum Gasteiger partial charge on any atom is -0.503 e. The molecule has 0 rings (SSSR count). The smallest absolute Gasteiger partial charge is 0.317 e. The maximum Gasteiger partial charge on any atom is 0.317 e. The third-order valence-electron chi connectivity index (χ3n) is 2.32. The van der Waals surface area contributed by atoms with Gasteiger partial charge in [0.1, 0.15) is 11.5 Å². The molecule has 110 valence electrons. The molecule has 0 fully saturated rings. The Kier molecular flexibility index (Phi) is 6.06. The number of ketones is 1. The van der Waals surface area contributed by atoms with Gasteiger partial charge in [0.15, 0.2) is 5.76 Å². The van der Waals surface area contributed by atoms with Crippen molar-refractivity contribution in [2.75, 3.05) is 0 Å². The molecule has 0 unspecified atom stereocenters. The van der Waals surface area contributed by atoms with Crippen LogP contribution < -0.4 is 5.73 Å². The van der Waals surface area contributed by atoms with E-state index in [0.29, 0.717) is 6.42 Å². The molecule has 0 aromatic rings. The van der Waals surface area contributed by atoms with Gasteiger partial charge >= 0.3 is 5.97 Å². The molecule has 0 aliphatic heterocycles. The van der Waals surface area contributed by atoms with E-state index in [2.05, 4.69) is 0 Å². The van der Waals surface area contributed by atoms with Crippen molar-refractivity contribution in [3.63, 3.8) is 0 Å². The third kappa shape index (κ3) is 6.27. The first kappa shape index (κ1) is 17.5. The molecule has 0 heterocycles. The van der Waals surface area contributed by atoms with Crippen molar-refractivity contribution >= 4 is 11.8 Å². The molecule has 0 saturated heterocycles. The maximum absolute atomic E-state index is 12.1. The molecule has 5 nitrogen and oxygen atoms in total. The number of Topliss-reactive ketones (excluding diaryl/α,β-unsaturated/α-hetero) is 1. The summed E-state index contributed by atoms with van der Waals surface area (Å²) < 4.78 is 5.22. The molecular weight excluding hydrogens is 246 g/mol. The van der Waals surface area contributed by atoms with Crippen LogP contribution in [0.5, 0.6) is 0 Å². The summed E-state index contributed by atoms with van der Waals surface area (Å²) >= 11 is 0. The van der Waals surface area contributed by atoms with E-state index in [4.69, 9.17) is 10.5 Å². The van der Waals surface area contributed by atoms with Gasteiger partial charge in [0.05, 0.1) is 5.70 Å². The van der Waals surface area contributed by atoms with Crippen LogP contribution in [0.1, 0.15) is 48.0 Å². The van der Waals surface area contributed by atoms with Crippen molar-refractivity contribution in [1.29, 1.82) is 0 Å². The van der Waals surface area contributed by atoms with Crippen molar-refractivity contribution in [3.8, 4) is 0 Å². The van der Waals surface area contributed by atoms with Crippen LogP contribution >= 0.6 is 0 Å². The lowest BCUT2D eigenvalue weighted by Gasteiger charge is -2.24. The van der Waals surface area contributed by atoms with Gasteiger partial charge in [-0.3, -0.25) is 9.59 Å². The van der Waals surface area contributed by atoms with E-state index in [1.54, 1.807) is 20.8 Å². The summed E-state index contributed by atoms with van der Waals surface area (Å²) in [6.07, 6.45) is 0.311. The van der Waals surface area contributed by atoms with Crippen LogP contribution in [0.4, 0.5) is 0 Å². The highest BCUT2D eigenvalue weighted by Gasteiger charge is 2.34. The van der Waals surface area contributed by atoms with Gasteiger partial charge in [0.2, 0.25) is 5.78 Å². The molecule has 0 bridgehead atoms. The number of aliphatic hydroxyl groups excluding tert-OH is 1. The monoisotopic (exact) mass is 271 g/mol. The Morgan fingerprint density at radius 2 is 1.74 bits per heavy atom. The molecule has 0 radical (unpaired) electrons. The fourth-order valence-electron chi connectivity index (χ4n) is 1.51. The molecule has 0 spiro atoms. The third-order valence-corrected chi connectivity index (χ3v) is 2.32. The van der Waals surface area contributed by atoms with Gasteiger partial charge in [-0.1, -0.05) is 13.8 Å². The lowest BCUT2D eigenvalue weighted by molar-refractivity contribution is -0.162. The zero-order chi connectivity index (χ0) is 15.4. The predicted molar refractivity (Wildman–Crippen MR) is 73.3 cm³/mol. The Bertz CT molecular complexity index is 373. The molecule has 3 N–H and O–H groups in total. The highest BCUT2D eigenvalue weighted by Crippen LogP contribution is 2.21. The second-order valence-electron chi connectivity index (χ2n) is 6.11. The fourth-order valence-corrected chi connectivity index (χ4v) is 1.51. The van der Waals surface area contributed by atoms with Crippen LogP contribution in [-0.4, -0.2) is 22.5 Å². The Labute approximate surface area is 114 Å². The number of carbonyl (C=O) groups is 2. The minimum absolute atomic E-state index is 0.00214. The van der Waals surface area contributed by atoms with E-state index < -0.39 is 29.0 Å². The van der Waals surface area contributed by atoms with Crippen molar-refractivity contribution in [2.24, 2.45) is 17.6 Å². The molecule has 0 aliphatic rings. The first-order chi connectivity index (χ1) is 8.45. The number of rotatable bonds is 5. The fraction of sp³-hybridized carbons (Fsp3) is 0.714. The molecule has 0 aromatic heterocycles. The largest absolute Gasteiger partial charge is 0.503 e. The number of aliphatic hydroxyl groups is 1. The molecule has 0 saturated carbocycles. The number of hydrogen-bond donors (Lipinski definition) is 2. The summed E-state index contributed by atoms with van der Waals surface area (Å²) in [7, 11) is 0. The topological polar surface area (TPSA) is 89.6 Å². The van der Waals surface area contributed by atoms with E-state index in [-0.39, 0.29) is 11.6 Å². The Morgan fingerprint density at radius 3 is 2.05 bits per heavy atom. The molecule has 0 amide bonds. The number of allylic oxidation sites excluding steroid dienone is 2. The van der Waals surface area contributed by atoms with E-state index in [0.717, 1.165) is 0 Å². The molecular formula is C14H25NO4. The highest BCUT2D eigenvalue weighted by molar-refractivity contribution is 6.07. The standard InChI is InChI=1S/C14H25NO4/c1-8(2)7-10(12(17)11(16)9(3)15)13(18)19-14(4,5)6/h8,10,16H,7,15H2,1-6H3/t10-/m0/s1. The van der Waals surface area contributed by atoms with Crippen LogP contribution in [0.25, 0.3) is 0 Å². The SMILES string of the molecule is CC(N)=C(O)C(=O)[C@H](CC(C)C)C(=O)OC(C)(C)C. The lowest BCUT2D eigenvalue weighted by Crippen LogP contribution is -2.34. The highest BCUT2D eigenvalue weighted by atomic mass is 16.6. The molecule has 0 aliphatic carbocycles. The first-order valence-corrected chi connectivity index (χ1v) is 6.38. The van der Waals surface area contributed by atoms with Gasteiger partial charge in [0.25, 0.3) is 0 Å². The number of carbonyl (C=O) groups excluding carboxylic acids is 2. The second-order valence-corrected chi connectivity index (χ2v) is 6.11. The lowest BCUT2D eigenvalue weighted by atomic mass is 9.91. The Morgan fingerprint density at radius 1 is 1.26 bits per heavy atom. The molecule has 1 atom stereocenters. The van der Waals surface area contributed by atoms with Crippen molar-refractivity contribution in [1.82, 2.24) is 0 Å². The van der Waals surface area contributed by atoms with Gasteiger partial charge in [0, 0.05) is 0 Å². The van der Waals surface area contributed by atoms with Gasteiger partial charge in [-0.2, -0.15) is 0 Å². The van der Waals surface area contributed by atoms with Crippen molar-refractivity contribution in [2.45, 2.75) is 53.6 Å². The summed E-state index contributed by atoms with van der Waals surface area (Å²) in [6.45, 7) is 10.4. The van der Waals surface area contributed by atoms with Crippen molar-refractivity contribution in [3.05, 3.63) is 11.5 Å². The average molecular weight is 271 g/mol. The van der Waals surface area contributed by atoms with E-state index in [1.807, 2.05) is 13.8 Å². The summed E-state index contributed by atoms with van der Waals surface area (Å²) in [4.78, 5) is 24.1. The summed E-state index contributed by atoms with van der Waals surface area (Å²) in [5, 5.41) is 9.62. The van der Waals surface area contributed by atoms with Crippen LogP contribution in [-0.2, 0) is 14.3 Å². The van der Waals surface area contributed by atoms with Gasteiger partial charge < -0.3 is 15.6 Å². The zero-order valence-corrected chi connectivity index (χ0v) is 12.6. The second kappa shape index (κ2) is 6.59. The van der Waals surface area contributed by atoms with Crippen LogP contribution in [0.2, 0.25) is 0 Å². The first-order valence-electron chi connectivity index (χ1n) is 6.38. The Hall–Kier alpha value is -1.52. The summed E-state index contributed by atoms with van der Waals surface area (Å²) in [5.41, 5.74) is 4.71.